The minimum atomic E-state index is -0.146. The van der Waals surface area contributed by atoms with Gasteiger partial charge in [-0.3, -0.25) is 4.90 Å². The maximum absolute atomic E-state index is 13.9. The molecule has 0 aliphatic carbocycles. The minimum absolute atomic E-state index is 0.146. The number of fused-ring (bicyclic) bond motifs is 1. The first-order chi connectivity index (χ1) is 11.1. The van der Waals surface area contributed by atoms with Crippen LogP contribution in [0.2, 0.25) is 0 Å². The third kappa shape index (κ3) is 3.44. The second-order valence-corrected chi connectivity index (χ2v) is 6.52. The third-order valence-corrected chi connectivity index (χ3v) is 4.44. The summed E-state index contributed by atoms with van der Waals surface area (Å²) >= 11 is 0. The van der Waals surface area contributed by atoms with Crippen LogP contribution in [0.15, 0.2) is 42.5 Å². The SMILES string of the molecule is CN(C)Cc1ccc2c(c1)C(CN)N(Cc1ccccc1F)C2. The standard InChI is InChI=1S/C19H24FN3/c1-22(2)11-14-7-8-15-12-23(19(10-21)17(15)9-14)13-16-5-3-4-6-18(16)20/h3-9,19H,10-13,21H2,1-2H3. The van der Waals surface area contributed by atoms with E-state index in [0.29, 0.717) is 13.1 Å². The molecule has 1 unspecified atom stereocenters. The summed E-state index contributed by atoms with van der Waals surface area (Å²) in [5, 5.41) is 0. The Morgan fingerprint density at radius 1 is 1.22 bits per heavy atom. The van der Waals surface area contributed by atoms with Crippen LogP contribution in [0, 0.1) is 5.82 Å². The molecule has 1 atom stereocenters. The first kappa shape index (κ1) is 16.1. The van der Waals surface area contributed by atoms with Gasteiger partial charge in [0, 0.05) is 37.8 Å². The van der Waals surface area contributed by atoms with Gasteiger partial charge in [0.05, 0.1) is 0 Å². The smallest absolute Gasteiger partial charge is 0.127 e. The summed E-state index contributed by atoms with van der Waals surface area (Å²) in [5.74, 6) is -0.146. The van der Waals surface area contributed by atoms with Crippen molar-refractivity contribution in [1.29, 1.82) is 0 Å². The number of nitrogens with two attached hydrogens (primary N) is 1. The molecule has 0 fully saturated rings. The van der Waals surface area contributed by atoms with Crippen molar-refractivity contribution in [2.45, 2.75) is 25.7 Å². The zero-order chi connectivity index (χ0) is 16.4. The van der Waals surface area contributed by atoms with E-state index in [1.165, 1.54) is 22.8 Å². The first-order valence-electron chi connectivity index (χ1n) is 8.02. The van der Waals surface area contributed by atoms with Crippen molar-refractivity contribution in [3.05, 3.63) is 70.5 Å². The fraction of sp³-hybridized carbons (Fsp3) is 0.368. The lowest BCUT2D eigenvalue weighted by Crippen LogP contribution is -2.28. The average Bonchev–Trinajstić information content (AvgIpc) is 2.85. The molecule has 122 valence electrons. The van der Waals surface area contributed by atoms with E-state index in [9.17, 15) is 4.39 Å². The molecule has 2 aromatic rings. The molecule has 4 heteroatoms. The van der Waals surface area contributed by atoms with E-state index in [2.05, 4.69) is 42.1 Å². The molecular formula is C19H24FN3. The van der Waals surface area contributed by atoms with Crippen molar-refractivity contribution in [2.75, 3.05) is 20.6 Å². The molecular weight excluding hydrogens is 289 g/mol. The summed E-state index contributed by atoms with van der Waals surface area (Å²) in [7, 11) is 4.14. The van der Waals surface area contributed by atoms with Crippen LogP contribution in [-0.4, -0.2) is 30.4 Å². The molecule has 3 nitrogen and oxygen atoms in total. The molecule has 0 aromatic heterocycles. The second kappa shape index (κ2) is 6.79. The van der Waals surface area contributed by atoms with Crippen molar-refractivity contribution in [3.8, 4) is 0 Å². The summed E-state index contributed by atoms with van der Waals surface area (Å²) in [6.07, 6.45) is 0. The van der Waals surface area contributed by atoms with Gasteiger partial charge in [-0.05, 0) is 36.9 Å². The Morgan fingerprint density at radius 2 is 2.00 bits per heavy atom. The van der Waals surface area contributed by atoms with Gasteiger partial charge in [-0.1, -0.05) is 36.4 Å². The van der Waals surface area contributed by atoms with Gasteiger partial charge in [-0.15, -0.1) is 0 Å². The summed E-state index contributed by atoms with van der Waals surface area (Å²) in [6, 6.07) is 13.8. The molecule has 0 radical (unpaired) electrons. The van der Waals surface area contributed by atoms with Gasteiger partial charge in [-0.25, -0.2) is 4.39 Å². The second-order valence-electron chi connectivity index (χ2n) is 6.52. The lowest BCUT2D eigenvalue weighted by atomic mass is 10.0. The Balaban J connectivity index is 1.83. The fourth-order valence-electron chi connectivity index (χ4n) is 3.38. The average molecular weight is 313 g/mol. The number of halogens is 1. The van der Waals surface area contributed by atoms with E-state index >= 15 is 0 Å². The normalized spacial score (nSPS) is 17.7. The predicted octanol–water partition coefficient (Wildman–Crippen LogP) is 2.90. The monoisotopic (exact) mass is 313 g/mol. The van der Waals surface area contributed by atoms with Gasteiger partial charge in [0.15, 0.2) is 0 Å². The summed E-state index contributed by atoms with van der Waals surface area (Å²) in [6.45, 7) is 2.88. The van der Waals surface area contributed by atoms with Gasteiger partial charge in [0.1, 0.15) is 5.82 Å². The van der Waals surface area contributed by atoms with Crippen LogP contribution in [0.3, 0.4) is 0 Å². The van der Waals surface area contributed by atoms with Crippen LogP contribution in [-0.2, 0) is 19.6 Å². The first-order valence-corrected chi connectivity index (χ1v) is 8.02. The van der Waals surface area contributed by atoms with Crippen LogP contribution in [0.4, 0.5) is 4.39 Å². The van der Waals surface area contributed by atoms with Crippen LogP contribution < -0.4 is 5.73 Å². The highest BCUT2D eigenvalue weighted by Gasteiger charge is 2.29. The zero-order valence-electron chi connectivity index (χ0n) is 13.8. The summed E-state index contributed by atoms with van der Waals surface area (Å²) in [4.78, 5) is 4.42. The van der Waals surface area contributed by atoms with Crippen LogP contribution in [0.5, 0.6) is 0 Å². The molecule has 1 heterocycles. The Labute approximate surface area is 137 Å². The molecule has 0 amide bonds. The number of benzene rings is 2. The van der Waals surface area contributed by atoms with Crippen LogP contribution in [0.25, 0.3) is 0 Å². The largest absolute Gasteiger partial charge is 0.329 e. The number of hydrogen-bond acceptors (Lipinski definition) is 3. The lowest BCUT2D eigenvalue weighted by molar-refractivity contribution is 0.208. The van der Waals surface area contributed by atoms with E-state index in [1.807, 2.05) is 12.1 Å². The third-order valence-electron chi connectivity index (χ3n) is 4.44. The molecule has 0 bridgehead atoms. The highest BCUT2D eigenvalue weighted by molar-refractivity contribution is 5.38. The topological polar surface area (TPSA) is 32.5 Å². The van der Waals surface area contributed by atoms with Crippen molar-refractivity contribution < 1.29 is 4.39 Å². The Hall–Kier alpha value is -1.75. The molecule has 0 saturated heterocycles. The Kier molecular flexibility index (Phi) is 4.76. The van der Waals surface area contributed by atoms with E-state index in [4.69, 9.17) is 5.73 Å². The molecule has 1 aliphatic heterocycles. The highest BCUT2D eigenvalue weighted by atomic mass is 19.1. The molecule has 2 aromatic carbocycles. The molecule has 23 heavy (non-hydrogen) atoms. The maximum Gasteiger partial charge on any atom is 0.127 e. The maximum atomic E-state index is 13.9. The minimum Gasteiger partial charge on any atom is -0.329 e. The molecule has 3 rings (SSSR count). The quantitative estimate of drug-likeness (QED) is 0.921. The van der Waals surface area contributed by atoms with Gasteiger partial charge in [-0.2, -0.15) is 0 Å². The van der Waals surface area contributed by atoms with Crippen LogP contribution >= 0.6 is 0 Å². The number of nitrogens with zero attached hydrogens (tertiary/aromatic N) is 2. The summed E-state index contributed by atoms with van der Waals surface area (Å²) in [5.41, 5.74) is 10.7. The fourth-order valence-corrected chi connectivity index (χ4v) is 3.38. The predicted molar refractivity (Wildman–Crippen MR) is 91.3 cm³/mol. The number of hydrogen-bond donors (Lipinski definition) is 1. The van der Waals surface area contributed by atoms with Gasteiger partial charge in [0.2, 0.25) is 0 Å². The van der Waals surface area contributed by atoms with Crippen LogP contribution in [0.1, 0.15) is 28.3 Å². The number of rotatable bonds is 5. The lowest BCUT2D eigenvalue weighted by Gasteiger charge is -2.24. The summed E-state index contributed by atoms with van der Waals surface area (Å²) < 4.78 is 13.9. The molecule has 0 saturated carbocycles. The van der Waals surface area contributed by atoms with Crippen molar-refractivity contribution in [3.63, 3.8) is 0 Å². The zero-order valence-corrected chi connectivity index (χ0v) is 13.8. The van der Waals surface area contributed by atoms with E-state index in [-0.39, 0.29) is 11.9 Å². The van der Waals surface area contributed by atoms with Crippen molar-refractivity contribution in [1.82, 2.24) is 9.80 Å². The molecule has 1 aliphatic rings. The highest BCUT2D eigenvalue weighted by Crippen LogP contribution is 2.35. The Morgan fingerprint density at radius 3 is 2.70 bits per heavy atom. The van der Waals surface area contributed by atoms with E-state index < -0.39 is 0 Å². The van der Waals surface area contributed by atoms with Crippen molar-refractivity contribution in [2.24, 2.45) is 5.73 Å². The van der Waals surface area contributed by atoms with Gasteiger partial charge in [0.25, 0.3) is 0 Å². The molecule has 0 spiro atoms. The van der Waals surface area contributed by atoms with E-state index in [0.717, 1.165) is 18.7 Å². The van der Waals surface area contributed by atoms with Gasteiger partial charge < -0.3 is 10.6 Å². The van der Waals surface area contributed by atoms with Crippen molar-refractivity contribution >= 4 is 0 Å². The molecule has 2 N–H and O–H groups in total. The van der Waals surface area contributed by atoms with Gasteiger partial charge >= 0.3 is 0 Å². The Bertz CT molecular complexity index is 684. The van der Waals surface area contributed by atoms with E-state index in [1.54, 1.807) is 6.07 Å².